The Balaban J connectivity index is 1.75. The Morgan fingerprint density at radius 1 is 1.10 bits per heavy atom. The van der Waals surface area contributed by atoms with Gasteiger partial charge in [0.15, 0.2) is 0 Å². The summed E-state index contributed by atoms with van der Waals surface area (Å²) in [6.45, 7) is 3.19. The third kappa shape index (κ3) is 3.64. The molecule has 1 aliphatic heterocycles. The first-order valence-electron chi connectivity index (χ1n) is 7.26. The van der Waals surface area contributed by atoms with Gasteiger partial charge in [-0.05, 0) is 65.3 Å². The van der Waals surface area contributed by atoms with Crippen molar-refractivity contribution >= 4 is 45.6 Å². The van der Waals surface area contributed by atoms with Gasteiger partial charge in [0.1, 0.15) is 0 Å². The molecule has 1 fully saturated rings. The molecular weight excluding hydrogens is 395 g/mol. The molecule has 0 aromatic heterocycles. The molecule has 1 aliphatic rings. The van der Waals surface area contributed by atoms with Crippen molar-refractivity contribution in [1.29, 1.82) is 0 Å². The van der Waals surface area contributed by atoms with Crippen molar-refractivity contribution in [2.45, 2.75) is 19.4 Å². The lowest BCUT2D eigenvalue weighted by Gasteiger charge is -2.22. The molecule has 0 saturated carbocycles. The molecule has 0 radical (unpaired) electrons. The molecule has 4 heteroatoms. The molecule has 0 bridgehead atoms. The van der Waals surface area contributed by atoms with Crippen LogP contribution in [0.4, 0.5) is 11.4 Å². The summed E-state index contributed by atoms with van der Waals surface area (Å²) in [7, 11) is 0. The minimum Gasteiger partial charge on any atom is -0.380 e. The fraction of sp³-hybridized carbons (Fsp3) is 0.294. The van der Waals surface area contributed by atoms with Gasteiger partial charge in [0.05, 0.1) is 0 Å². The molecule has 110 valence electrons. The number of halogens is 2. The first-order valence-corrected chi connectivity index (χ1v) is 8.71. The molecule has 2 aromatic carbocycles. The third-order valence-corrected chi connectivity index (χ3v) is 4.97. The van der Waals surface area contributed by atoms with E-state index in [1.807, 2.05) is 18.2 Å². The monoisotopic (exact) mass is 412 g/mol. The van der Waals surface area contributed by atoms with Crippen molar-refractivity contribution in [2.75, 3.05) is 23.3 Å². The van der Waals surface area contributed by atoms with E-state index in [0.29, 0.717) is 0 Å². The second-order valence-electron chi connectivity index (χ2n) is 5.30. The molecule has 2 aromatic rings. The van der Waals surface area contributed by atoms with Gasteiger partial charge in [0.25, 0.3) is 0 Å². The zero-order valence-electron chi connectivity index (χ0n) is 11.8. The van der Waals surface area contributed by atoms with E-state index in [4.69, 9.17) is 11.6 Å². The lowest BCUT2D eigenvalue weighted by atomic mass is 10.1. The summed E-state index contributed by atoms with van der Waals surface area (Å²) in [5, 5.41) is 4.31. The first-order chi connectivity index (χ1) is 10.2. The predicted octanol–water partition coefficient (Wildman–Crippen LogP) is 5.16. The lowest BCUT2D eigenvalue weighted by Crippen LogP contribution is -2.20. The molecule has 3 rings (SSSR count). The third-order valence-electron chi connectivity index (χ3n) is 3.84. The number of nitrogens with one attached hydrogen (secondary N) is 1. The molecule has 0 aliphatic carbocycles. The topological polar surface area (TPSA) is 15.3 Å². The first kappa shape index (κ1) is 15.0. The summed E-state index contributed by atoms with van der Waals surface area (Å²) in [4.78, 5) is 2.49. The van der Waals surface area contributed by atoms with Crippen molar-refractivity contribution in [1.82, 2.24) is 0 Å². The number of hydrogen-bond acceptors (Lipinski definition) is 2. The lowest BCUT2D eigenvalue weighted by molar-refractivity contribution is 0.949. The van der Waals surface area contributed by atoms with Crippen LogP contribution in [-0.2, 0) is 6.54 Å². The Hall–Kier alpha value is -0.940. The summed E-state index contributed by atoms with van der Waals surface area (Å²) >= 11 is 8.32. The van der Waals surface area contributed by atoms with Crippen molar-refractivity contribution < 1.29 is 0 Å². The van der Waals surface area contributed by atoms with Crippen molar-refractivity contribution in [3.05, 3.63) is 56.6 Å². The highest BCUT2D eigenvalue weighted by Crippen LogP contribution is 2.27. The van der Waals surface area contributed by atoms with E-state index in [-0.39, 0.29) is 0 Å². The molecule has 1 N–H and O–H groups in total. The van der Waals surface area contributed by atoms with Gasteiger partial charge in [-0.2, -0.15) is 0 Å². The van der Waals surface area contributed by atoms with Crippen LogP contribution in [0, 0.1) is 3.57 Å². The second-order valence-corrected chi connectivity index (χ2v) is 6.90. The van der Waals surface area contributed by atoms with Crippen LogP contribution in [-0.4, -0.2) is 13.1 Å². The Kier molecular flexibility index (Phi) is 4.91. The van der Waals surface area contributed by atoms with Gasteiger partial charge in [-0.25, -0.2) is 0 Å². The molecule has 0 spiro atoms. The van der Waals surface area contributed by atoms with Gasteiger partial charge in [-0.1, -0.05) is 29.8 Å². The summed E-state index contributed by atoms with van der Waals surface area (Å²) < 4.78 is 1.15. The zero-order chi connectivity index (χ0) is 14.7. The summed E-state index contributed by atoms with van der Waals surface area (Å²) in [5.74, 6) is 0. The van der Waals surface area contributed by atoms with Crippen LogP contribution in [0.1, 0.15) is 18.4 Å². The van der Waals surface area contributed by atoms with Crippen LogP contribution in [0.25, 0.3) is 0 Å². The fourth-order valence-corrected chi connectivity index (χ4v) is 3.81. The molecule has 21 heavy (non-hydrogen) atoms. The molecule has 2 nitrogen and oxygen atoms in total. The van der Waals surface area contributed by atoms with Gasteiger partial charge in [-0.3, -0.25) is 0 Å². The van der Waals surface area contributed by atoms with Crippen LogP contribution < -0.4 is 10.2 Å². The maximum atomic E-state index is 6.01. The Labute approximate surface area is 144 Å². The minimum atomic E-state index is 0.780. The molecule has 1 heterocycles. The number of nitrogens with zero attached hydrogens (tertiary/aromatic N) is 1. The Morgan fingerprint density at radius 2 is 1.86 bits per heavy atom. The van der Waals surface area contributed by atoms with Crippen molar-refractivity contribution in [2.24, 2.45) is 0 Å². The van der Waals surface area contributed by atoms with Gasteiger partial charge in [0.2, 0.25) is 0 Å². The highest BCUT2D eigenvalue weighted by molar-refractivity contribution is 14.1. The minimum absolute atomic E-state index is 0.780. The molecule has 1 saturated heterocycles. The molecule has 0 unspecified atom stereocenters. The van der Waals surface area contributed by atoms with E-state index in [1.54, 1.807) is 0 Å². The highest BCUT2D eigenvalue weighted by Gasteiger charge is 2.15. The average Bonchev–Trinajstić information content (AvgIpc) is 3.01. The Morgan fingerprint density at radius 3 is 2.62 bits per heavy atom. The summed E-state index contributed by atoms with van der Waals surface area (Å²) in [5.41, 5.74) is 3.85. The molecule has 0 amide bonds. The van der Waals surface area contributed by atoms with Crippen LogP contribution >= 0.6 is 34.2 Å². The van der Waals surface area contributed by atoms with Gasteiger partial charge in [-0.15, -0.1) is 0 Å². The maximum Gasteiger partial charge on any atom is 0.0479 e. The van der Waals surface area contributed by atoms with Crippen LogP contribution in [0.2, 0.25) is 5.02 Å². The van der Waals surface area contributed by atoms with Gasteiger partial charge in [0, 0.05) is 39.6 Å². The van der Waals surface area contributed by atoms with Gasteiger partial charge < -0.3 is 10.2 Å². The number of para-hydroxylation sites is 1. The van der Waals surface area contributed by atoms with Gasteiger partial charge >= 0.3 is 0 Å². The van der Waals surface area contributed by atoms with E-state index < -0.39 is 0 Å². The molecule has 0 atom stereocenters. The van der Waals surface area contributed by atoms with E-state index in [9.17, 15) is 0 Å². The zero-order valence-corrected chi connectivity index (χ0v) is 14.7. The van der Waals surface area contributed by atoms with E-state index in [1.165, 1.54) is 37.2 Å². The van der Waals surface area contributed by atoms with Crippen LogP contribution in [0.3, 0.4) is 0 Å². The number of benzene rings is 2. The smallest absolute Gasteiger partial charge is 0.0479 e. The Bertz CT molecular complexity index is 624. The van der Waals surface area contributed by atoms with E-state index in [2.05, 4.69) is 57.1 Å². The summed E-state index contributed by atoms with van der Waals surface area (Å²) in [6.07, 6.45) is 2.60. The average molecular weight is 413 g/mol. The van der Waals surface area contributed by atoms with E-state index in [0.717, 1.165) is 20.8 Å². The quantitative estimate of drug-likeness (QED) is 0.698. The number of hydrogen-bond donors (Lipinski definition) is 1. The van der Waals surface area contributed by atoms with E-state index >= 15 is 0 Å². The largest absolute Gasteiger partial charge is 0.380 e. The van der Waals surface area contributed by atoms with Crippen molar-refractivity contribution in [3.8, 4) is 0 Å². The van der Waals surface area contributed by atoms with Crippen molar-refractivity contribution in [3.63, 3.8) is 0 Å². The highest BCUT2D eigenvalue weighted by atomic mass is 127. The van der Waals surface area contributed by atoms with Crippen LogP contribution in [0.15, 0.2) is 42.5 Å². The SMILES string of the molecule is Clc1ccc(NCc2ccccc2N2CCCC2)c(I)c1. The maximum absolute atomic E-state index is 6.01. The summed E-state index contributed by atoms with van der Waals surface area (Å²) in [6, 6.07) is 14.6. The predicted molar refractivity (Wildman–Crippen MR) is 99.4 cm³/mol. The number of anilines is 2. The second kappa shape index (κ2) is 6.88. The normalized spacial score (nSPS) is 14.5. The van der Waals surface area contributed by atoms with Crippen LogP contribution in [0.5, 0.6) is 0 Å². The fourth-order valence-electron chi connectivity index (χ4n) is 2.75. The molecular formula is C17H18ClIN2. The number of rotatable bonds is 4. The standard InChI is InChI=1S/C17H18ClIN2/c18-14-7-8-16(15(19)11-14)20-12-13-5-1-2-6-17(13)21-9-3-4-10-21/h1-2,5-8,11,20H,3-4,9-10,12H2.